The Hall–Kier alpha value is -2.86. The number of rotatable bonds is 0. The van der Waals surface area contributed by atoms with E-state index in [1.807, 2.05) is 42.5 Å². The van der Waals surface area contributed by atoms with Crippen LogP contribution in [0.25, 0.3) is 6.08 Å². The molecule has 0 saturated carbocycles. The van der Waals surface area contributed by atoms with Crippen LogP contribution in [0, 0.1) is 11.3 Å². The Kier molecular flexibility index (Phi) is 2.18. The first-order valence-corrected chi connectivity index (χ1v) is 6.80. The Morgan fingerprint density at radius 2 is 1.95 bits per heavy atom. The van der Waals surface area contributed by atoms with Crippen LogP contribution in [0.5, 0.6) is 0 Å². The zero-order valence-electron chi connectivity index (χ0n) is 11.5. The highest BCUT2D eigenvalue weighted by molar-refractivity contribution is 6.13. The second kappa shape index (κ2) is 3.83. The van der Waals surface area contributed by atoms with Crippen molar-refractivity contribution in [1.29, 1.82) is 5.26 Å². The van der Waals surface area contributed by atoms with Crippen LogP contribution < -0.4 is 4.90 Å². The minimum Gasteiger partial charge on any atom is -0.314 e. The van der Waals surface area contributed by atoms with Gasteiger partial charge in [0.1, 0.15) is 5.41 Å². The zero-order valence-corrected chi connectivity index (χ0v) is 11.5. The van der Waals surface area contributed by atoms with Crippen LogP contribution in [0.4, 0.5) is 5.69 Å². The third kappa shape index (κ3) is 1.29. The number of hydrogen-bond donors (Lipinski definition) is 0. The molecule has 1 aliphatic heterocycles. The van der Waals surface area contributed by atoms with E-state index in [0.717, 1.165) is 22.4 Å². The molecule has 0 N–H and O–H groups in total. The van der Waals surface area contributed by atoms with E-state index in [9.17, 15) is 4.79 Å². The molecule has 100 valence electrons. The number of hydrogen-bond acceptors (Lipinski definition) is 2. The Morgan fingerprint density at radius 3 is 2.76 bits per heavy atom. The molecule has 0 radical (unpaired) electrons. The van der Waals surface area contributed by atoms with Crippen LogP contribution >= 0.6 is 0 Å². The van der Waals surface area contributed by atoms with Gasteiger partial charge in [-0.25, -0.2) is 0 Å². The number of nitrogens with zero attached hydrogens (tertiary/aromatic N) is 2. The maximum Gasteiger partial charge on any atom is 0.245 e. The van der Waals surface area contributed by atoms with Gasteiger partial charge in [-0.3, -0.25) is 4.79 Å². The van der Waals surface area contributed by atoms with Crippen molar-refractivity contribution in [3.05, 3.63) is 70.8 Å². The molecule has 0 saturated heterocycles. The molecule has 2 aromatic rings. The second-order valence-electron chi connectivity index (χ2n) is 5.44. The van der Waals surface area contributed by atoms with Gasteiger partial charge in [0.05, 0.1) is 11.6 Å². The standard InChI is InChI=1S/C18H12N2O/c1-20-16-10-12(11-19)6-7-15(16)18(17(20)21)9-8-13-4-2-3-5-14(13)18/h2-10H,1H3. The zero-order chi connectivity index (χ0) is 14.6. The average Bonchev–Trinajstić information content (AvgIpc) is 3.02. The lowest BCUT2D eigenvalue weighted by molar-refractivity contribution is -0.120. The SMILES string of the molecule is CN1C(=O)C2(C=Cc3ccccc32)c2ccc(C#N)cc21. The smallest absolute Gasteiger partial charge is 0.245 e. The summed E-state index contributed by atoms with van der Waals surface area (Å²) < 4.78 is 0. The van der Waals surface area contributed by atoms with E-state index in [1.165, 1.54) is 0 Å². The molecule has 1 atom stereocenters. The number of likely N-dealkylation sites (N-methyl/N-ethyl adjacent to an activating group) is 1. The fourth-order valence-corrected chi connectivity index (χ4v) is 3.43. The lowest BCUT2D eigenvalue weighted by atomic mass is 9.77. The maximum absolute atomic E-state index is 12.9. The predicted molar refractivity (Wildman–Crippen MR) is 80.8 cm³/mol. The van der Waals surface area contributed by atoms with Crippen LogP contribution in [-0.4, -0.2) is 13.0 Å². The summed E-state index contributed by atoms with van der Waals surface area (Å²) in [5, 5.41) is 9.07. The van der Waals surface area contributed by atoms with Gasteiger partial charge in [-0.15, -0.1) is 0 Å². The Balaban J connectivity index is 2.05. The van der Waals surface area contributed by atoms with Gasteiger partial charge < -0.3 is 4.90 Å². The molecule has 4 rings (SSSR count). The van der Waals surface area contributed by atoms with Crippen LogP contribution in [0.2, 0.25) is 0 Å². The molecular weight excluding hydrogens is 260 g/mol. The normalized spacial score (nSPS) is 21.5. The molecule has 1 unspecified atom stereocenters. The lowest BCUT2D eigenvalue weighted by Gasteiger charge is -2.22. The largest absolute Gasteiger partial charge is 0.314 e. The van der Waals surface area contributed by atoms with Gasteiger partial charge in [-0.05, 0) is 28.8 Å². The van der Waals surface area contributed by atoms with Gasteiger partial charge in [-0.1, -0.05) is 42.5 Å². The van der Waals surface area contributed by atoms with Gasteiger partial charge in [0.25, 0.3) is 0 Å². The summed E-state index contributed by atoms with van der Waals surface area (Å²) in [6.45, 7) is 0. The fourth-order valence-electron chi connectivity index (χ4n) is 3.43. The third-order valence-electron chi connectivity index (χ3n) is 4.45. The molecular formula is C18H12N2O. The molecule has 1 aliphatic carbocycles. The summed E-state index contributed by atoms with van der Waals surface area (Å²) >= 11 is 0. The molecule has 3 nitrogen and oxygen atoms in total. The quantitative estimate of drug-likeness (QED) is 0.740. The van der Waals surface area contributed by atoms with Gasteiger partial charge in [-0.2, -0.15) is 5.26 Å². The van der Waals surface area contributed by atoms with Crippen LogP contribution in [-0.2, 0) is 10.2 Å². The molecule has 0 aromatic heterocycles. The molecule has 0 fully saturated rings. The van der Waals surface area contributed by atoms with E-state index in [2.05, 4.69) is 6.07 Å². The Bertz CT molecular complexity index is 860. The van der Waals surface area contributed by atoms with Crippen molar-refractivity contribution in [2.75, 3.05) is 11.9 Å². The lowest BCUT2D eigenvalue weighted by Crippen LogP contribution is -2.37. The van der Waals surface area contributed by atoms with Crippen molar-refractivity contribution in [3.8, 4) is 6.07 Å². The van der Waals surface area contributed by atoms with E-state index < -0.39 is 5.41 Å². The first-order valence-electron chi connectivity index (χ1n) is 6.80. The molecule has 0 bridgehead atoms. The van der Waals surface area contributed by atoms with Gasteiger partial charge in [0.2, 0.25) is 5.91 Å². The summed E-state index contributed by atoms with van der Waals surface area (Å²) in [4.78, 5) is 14.6. The first-order chi connectivity index (χ1) is 10.2. The van der Waals surface area contributed by atoms with Crippen LogP contribution in [0.1, 0.15) is 22.3 Å². The highest BCUT2D eigenvalue weighted by Crippen LogP contribution is 2.50. The predicted octanol–water partition coefficient (Wildman–Crippen LogP) is 2.85. The minimum atomic E-state index is -0.728. The van der Waals surface area contributed by atoms with Crippen LogP contribution in [0.3, 0.4) is 0 Å². The highest BCUT2D eigenvalue weighted by atomic mass is 16.2. The molecule has 1 amide bonds. The molecule has 2 aliphatic rings. The van der Waals surface area contributed by atoms with E-state index >= 15 is 0 Å². The van der Waals surface area contributed by atoms with E-state index in [1.54, 1.807) is 24.1 Å². The average molecular weight is 272 g/mol. The van der Waals surface area contributed by atoms with Gasteiger partial charge in [0.15, 0.2) is 0 Å². The second-order valence-corrected chi connectivity index (χ2v) is 5.44. The van der Waals surface area contributed by atoms with Crippen molar-refractivity contribution in [1.82, 2.24) is 0 Å². The summed E-state index contributed by atoms with van der Waals surface area (Å²) in [7, 11) is 1.77. The monoisotopic (exact) mass is 272 g/mol. The molecule has 1 heterocycles. The first kappa shape index (κ1) is 11.9. The summed E-state index contributed by atoms with van der Waals surface area (Å²) in [5.74, 6) is 0.0359. The topological polar surface area (TPSA) is 44.1 Å². The Labute approximate surface area is 122 Å². The Morgan fingerprint density at radius 1 is 1.14 bits per heavy atom. The van der Waals surface area contributed by atoms with Crippen molar-refractivity contribution in [3.63, 3.8) is 0 Å². The van der Waals surface area contributed by atoms with E-state index in [4.69, 9.17) is 5.26 Å². The maximum atomic E-state index is 12.9. The van der Waals surface area contributed by atoms with E-state index in [-0.39, 0.29) is 5.91 Å². The summed E-state index contributed by atoms with van der Waals surface area (Å²) in [6.07, 6.45) is 3.99. The number of amides is 1. The summed E-state index contributed by atoms with van der Waals surface area (Å²) in [5.41, 5.74) is 3.72. The number of carbonyl (C=O) groups is 1. The number of nitriles is 1. The third-order valence-corrected chi connectivity index (χ3v) is 4.45. The van der Waals surface area contributed by atoms with E-state index in [0.29, 0.717) is 5.56 Å². The van der Waals surface area contributed by atoms with Gasteiger partial charge in [0, 0.05) is 12.7 Å². The number of anilines is 1. The molecule has 3 heteroatoms. The fraction of sp³-hybridized carbons (Fsp3) is 0.111. The van der Waals surface area contributed by atoms with Crippen molar-refractivity contribution < 1.29 is 4.79 Å². The number of carbonyl (C=O) groups excluding carboxylic acids is 1. The van der Waals surface area contributed by atoms with Crippen molar-refractivity contribution in [2.45, 2.75) is 5.41 Å². The minimum absolute atomic E-state index is 0.0359. The van der Waals surface area contributed by atoms with Crippen molar-refractivity contribution >= 4 is 17.7 Å². The van der Waals surface area contributed by atoms with Crippen molar-refractivity contribution in [2.24, 2.45) is 0 Å². The highest BCUT2D eigenvalue weighted by Gasteiger charge is 2.51. The van der Waals surface area contributed by atoms with Crippen LogP contribution in [0.15, 0.2) is 48.5 Å². The van der Waals surface area contributed by atoms with Gasteiger partial charge >= 0.3 is 0 Å². The molecule has 21 heavy (non-hydrogen) atoms. The number of fused-ring (bicyclic) bond motifs is 4. The summed E-state index contributed by atoms with van der Waals surface area (Å²) in [6, 6.07) is 15.6. The molecule has 2 aromatic carbocycles. The molecule has 1 spiro atoms. The number of benzene rings is 2.